The van der Waals surface area contributed by atoms with Gasteiger partial charge in [-0.1, -0.05) is 65.3 Å². The monoisotopic (exact) mass is 267 g/mol. The normalized spacial score (nSPS) is 23.4. The van der Waals surface area contributed by atoms with E-state index < -0.39 is 0 Å². The van der Waals surface area contributed by atoms with Crippen LogP contribution in [0.3, 0.4) is 0 Å². The Kier molecular flexibility index (Phi) is 2.83. The smallest absolute Gasteiger partial charge is 0.147 e. The molecular formula is C12H14BrNO. The van der Waals surface area contributed by atoms with Crippen LogP contribution in [-0.2, 0) is 4.84 Å². The van der Waals surface area contributed by atoms with Gasteiger partial charge < -0.3 is 4.84 Å². The van der Waals surface area contributed by atoms with Crippen LogP contribution in [0.4, 0.5) is 0 Å². The van der Waals surface area contributed by atoms with E-state index in [1.807, 2.05) is 18.2 Å². The lowest BCUT2D eigenvalue weighted by atomic mass is 9.80. The number of alkyl halides is 1. The molecule has 1 unspecified atom stereocenters. The summed E-state index contributed by atoms with van der Waals surface area (Å²) in [7, 11) is 0. The fourth-order valence-electron chi connectivity index (χ4n) is 1.76. The Morgan fingerprint density at radius 1 is 1.33 bits per heavy atom. The molecule has 2 rings (SSSR count). The molecule has 1 aliphatic rings. The lowest BCUT2D eigenvalue weighted by molar-refractivity contribution is 0.0556. The molecule has 80 valence electrons. The van der Waals surface area contributed by atoms with Gasteiger partial charge in [0.05, 0.1) is 11.1 Å². The standard InChI is InChI=1S/C12H14BrNO/c1-12(2)10(8-13)15-14-11(12)9-6-4-3-5-7-9/h3-7,10H,8H2,1-2H3. The average molecular weight is 268 g/mol. The highest BCUT2D eigenvalue weighted by Crippen LogP contribution is 2.35. The van der Waals surface area contributed by atoms with Crippen LogP contribution < -0.4 is 0 Å². The third kappa shape index (κ3) is 1.81. The zero-order valence-electron chi connectivity index (χ0n) is 8.90. The molecule has 0 amide bonds. The van der Waals surface area contributed by atoms with Crippen molar-refractivity contribution in [1.29, 1.82) is 0 Å². The Labute approximate surface area is 98.4 Å². The summed E-state index contributed by atoms with van der Waals surface area (Å²) < 4.78 is 0. The molecule has 0 saturated carbocycles. The molecule has 2 nitrogen and oxygen atoms in total. The highest BCUT2D eigenvalue weighted by atomic mass is 79.9. The van der Waals surface area contributed by atoms with E-state index in [0.29, 0.717) is 0 Å². The molecule has 0 radical (unpaired) electrons. The summed E-state index contributed by atoms with van der Waals surface area (Å²) in [6, 6.07) is 10.2. The predicted molar refractivity (Wildman–Crippen MR) is 65.4 cm³/mol. The van der Waals surface area contributed by atoms with Crippen molar-refractivity contribution in [2.45, 2.75) is 20.0 Å². The quantitative estimate of drug-likeness (QED) is 0.755. The third-order valence-electron chi connectivity index (χ3n) is 2.87. The van der Waals surface area contributed by atoms with E-state index in [0.717, 1.165) is 16.6 Å². The van der Waals surface area contributed by atoms with Gasteiger partial charge in [-0.3, -0.25) is 0 Å². The molecule has 0 bridgehead atoms. The van der Waals surface area contributed by atoms with E-state index in [1.54, 1.807) is 0 Å². The highest BCUT2D eigenvalue weighted by Gasteiger charge is 2.41. The van der Waals surface area contributed by atoms with Crippen molar-refractivity contribution in [1.82, 2.24) is 0 Å². The summed E-state index contributed by atoms with van der Waals surface area (Å²) >= 11 is 3.45. The summed E-state index contributed by atoms with van der Waals surface area (Å²) in [5.41, 5.74) is 2.14. The van der Waals surface area contributed by atoms with Crippen molar-refractivity contribution >= 4 is 21.6 Å². The Morgan fingerprint density at radius 3 is 2.53 bits per heavy atom. The Hall–Kier alpha value is -0.830. The molecule has 1 heterocycles. The van der Waals surface area contributed by atoms with Crippen LogP contribution in [0.1, 0.15) is 19.4 Å². The van der Waals surface area contributed by atoms with Gasteiger partial charge in [-0.25, -0.2) is 0 Å². The molecule has 1 aromatic rings. The Bertz CT molecular complexity index is 372. The van der Waals surface area contributed by atoms with E-state index in [1.165, 1.54) is 0 Å². The second kappa shape index (κ2) is 3.97. The van der Waals surface area contributed by atoms with Gasteiger partial charge in [0.1, 0.15) is 6.10 Å². The first-order chi connectivity index (χ1) is 7.16. The van der Waals surface area contributed by atoms with Crippen molar-refractivity contribution in [3.8, 4) is 0 Å². The van der Waals surface area contributed by atoms with E-state index in [9.17, 15) is 0 Å². The number of oxime groups is 1. The number of hydrogen-bond donors (Lipinski definition) is 0. The molecule has 0 spiro atoms. The van der Waals surface area contributed by atoms with Gasteiger partial charge in [0, 0.05) is 5.33 Å². The van der Waals surface area contributed by atoms with E-state index in [-0.39, 0.29) is 11.5 Å². The van der Waals surface area contributed by atoms with Gasteiger partial charge in [-0.05, 0) is 5.56 Å². The van der Waals surface area contributed by atoms with Crippen LogP contribution >= 0.6 is 15.9 Å². The van der Waals surface area contributed by atoms with Gasteiger partial charge in [-0.15, -0.1) is 0 Å². The minimum absolute atomic E-state index is 0.0369. The first kappa shape index (κ1) is 10.7. The summed E-state index contributed by atoms with van der Waals surface area (Å²) in [4.78, 5) is 5.43. The molecule has 0 saturated heterocycles. The molecule has 3 heteroatoms. The molecule has 1 atom stereocenters. The lowest BCUT2D eigenvalue weighted by Crippen LogP contribution is -2.34. The minimum Gasteiger partial charge on any atom is -0.390 e. The number of halogens is 1. The minimum atomic E-state index is -0.0369. The zero-order chi connectivity index (χ0) is 10.9. The number of benzene rings is 1. The first-order valence-electron chi connectivity index (χ1n) is 5.02. The molecule has 1 aliphatic heterocycles. The Balaban J connectivity index is 2.33. The largest absolute Gasteiger partial charge is 0.390 e. The van der Waals surface area contributed by atoms with Gasteiger partial charge in [0.25, 0.3) is 0 Å². The van der Waals surface area contributed by atoms with Crippen molar-refractivity contribution in [3.63, 3.8) is 0 Å². The molecule has 15 heavy (non-hydrogen) atoms. The maximum atomic E-state index is 5.43. The lowest BCUT2D eigenvalue weighted by Gasteiger charge is -2.24. The van der Waals surface area contributed by atoms with Gasteiger partial charge in [0.2, 0.25) is 0 Å². The average Bonchev–Trinajstić information content (AvgIpc) is 2.54. The van der Waals surface area contributed by atoms with Crippen LogP contribution in [0, 0.1) is 5.41 Å². The van der Waals surface area contributed by atoms with Gasteiger partial charge in [0.15, 0.2) is 0 Å². The predicted octanol–water partition coefficient (Wildman–Crippen LogP) is 3.21. The Morgan fingerprint density at radius 2 is 2.00 bits per heavy atom. The third-order valence-corrected chi connectivity index (χ3v) is 3.46. The van der Waals surface area contributed by atoms with Gasteiger partial charge >= 0.3 is 0 Å². The highest BCUT2D eigenvalue weighted by molar-refractivity contribution is 9.09. The molecule has 1 aromatic carbocycles. The van der Waals surface area contributed by atoms with Crippen molar-refractivity contribution in [3.05, 3.63) is 35.9 Å². The topological polar surface area (TPSA) is 21.6 Å². The van der Waals surface area contributed by atoms with E-state index in [2.05, 4.69) is 47.1 Å². The second-order valence-electron chi connectivity index (χ2n) is 4.28. The number of rotatable bonds is 2. The summed E-state index contributed by atoms with van der Waals surface area (Å²) in [6.07, 6.45) is 0.118. The van der Waals surface area contributed by atoms with Crippen molar-refractivity contribution in [2.24, 2.45) is 10.6 Å². The first-order valence-corrected chi connectivity index (χ1v) is 6.14. The molecule has 0 aromatic heterocycles. The number of nitrogens with zero attached hydrogens (tertiary/aromatic N) is 1. The van der Waals surface area contributed by atoms with Gasteiger partial charge in [-0.2, -0.15) is 0 Å². The molecular weight excluding hydrogens is 254 g/mol. The molecule has 0 aliphatic carbocycles. The van der Waals surface area contributed by atoms with E-state index in [4.69, 9.17) is 4.84 Å². The molecule has 0 fully saturated rings. The maximum Gasteiger partial charge on any atom is 0.147 e. The fourth-order valence-corrected chi connectivity index (χ4v) is 2.69. The fraction of sp³-hybridized carbons (Fsp3) is 0.417. The van der Waals surface area contributed by atoms with Crippen LogP contribution in [0.15, 0.2) is 35.5 Å². The maximum absolute atomic E-state index is 5.43. The SMILES string of the molecule is CC1(C)C(c2ccccc2)=NOC1CBr. The van der Waals surface area contributed by atoms with Crippen LogP contribution in [0.5, 0.6) is 0 Å². The van der Waals surface area contributed by atoms with Crippen LogP contribution in [0.2, 0.25) is 0 Å². The number of hydrogen-bond acceptors (Lipinski definition) is 2. The summed E-state index contributed by atoms with van der Waals surface area (Å²) in [6.45, 7) is 4.33. The summed E-state index contributed by atoms with van der Waals surface area (Å²) in [5, 5.41) is 5.00. The van der Waals surface area contributed by atoms with Crippen LogP contribution in [-0.4, -0.2) is 17.1 Å². The summed E-state index contributed by atoms with van der Waals surface area (Å²) in [5.74, 6) is 0. The molecule has 0 N–H and O–H groups in total. The zero-order valence-corrected chi connectivity index (χ0v) is 10.5. The van der Waals surface area contributed by atoms with Crippen molar-refractivity contribution in [2.75, 3.05) is 5.33 Å². The van der Waals surface area contributed by atoms with Crippen LogP contribution in [0.25, 0.3) is 0 Å². The van der Waals surface area contributed by atoms with E-state index >= 15 is 0 Å². The second-order valence-corrected chi connectivity index (χ2v) is 4.92. The van der Waals surface area contributed by atoms with Crippen molar-refractivity contribution < 1.29 is 4.84 Å².